The highest BCUT2D eigenvalue weighted by atomic mass is 16.4. The standard InChI is InChI=1S/C11H13NO6/c12-7-3-5(11(17)18)1-2-6(7)10(16)8(13)4-9(14)15/h1-3,8,10,13,16H,4,12H2,(H,14,15)(H,17,18). The lowest BCUT2D eigenvalue weighted by atomic mass is 9.99. The lowest BCUT2D eigenvalue weighted by Crippen LogP contribution is -2.22. The van der Waals surface area contributed by atoms with Gasteiger partial charge in [0.25, 0.3) is 0 Å². The largest absolute Gasteiger partial charge is 0.481 e. The first kappa shape index (κ1) is 13.9. The van der Waals surface area contributed by atoms with Crippen molar-refractivity contribution in [3.05, 3.63) is 29.3 Å². The van der Waals surface area contributed by atoms with Gasteiger partial charge in [-0.05, 0) is 12.1 Å². The Morgan fingerprint density at radius 1 is 1.22 bits per heavy atom. The van der Waals surface area contributed by atoms with E-state index in [-0.39, 0.29) is 16.8 Å². The summed E-state index contributed by atoms with van der Waals surface area (Å²) >= 11 is 0. The molecule has 0 radical (unpaired) electrons. The van der Waals surface area contributed by atoms with E-state index < -0.39 is 30.6 Å². The second-order valence-electron chi connectivity index (χ2n) is 3.76. The van der Waals surface area contributed by atoms with E-state index in [4.69, 9.17) is 15.9 Å². The van der Waals surface area contributed by atoms with Gasteiger partial charge in [0.15, 0.2) is 0 Å². The highest BCUT2D eigenvalue weighted by Gasteiger charge is 2.23. The molecule has 0 heterocycles. The van der Waals surface area contributed by atoms with Crippen LogP contribution in [0.4, 0.5) is 5.69 Å². The molecule has 2 unspecified atom stereocenters. The number of aromatic carboxylic acids is 1. The maximum absolute atomic E-state index is 10.7. The van der Waals surface area contributed by atoms with Crippen molar-refractivity contribution in [3.8, 4) is 0 Å². The third-order valence-corrected chi connectivity index (χ3v) is 2.40. The molecule has 98 valence electrons. The van der Waals surface area contributed by atoms with Crippen LogP contribution in [0.5, 0.6) is 0 Å². The average molecular weight is 255 g/mol. The van der Waals surface area contributed by atoms with Gasteiger partial charge in [-0.2, -0.15) is 0 Å². The average Bonchev–Trinajstić information content (AvgIpc) is 2.26. The Kier molecular flexibility index (Phi) is 4.24. The van der Waals surface area contributed by atoms with Crippen molar-refractivity contribution >= 4 is 17.6 Å². The van der Waals surface area contributed by atoms with E-state index in [1.165, 1.54) is 12.1 Å². The Morgan fingerprint density at radius 2 is 1.83 bits per heavy atom. The minimum atomic E-state index is -1.51. The molecule has 0 spiro atoms. The Bertz CT molecular complexity index is 473. The number of nitrogens with two attached hydrogens (primary N) is 1. The number of hydrogen-bond donors (Lipinski definition) is 5. The van der Waals surface area contributed by atoms with E-state index in [0.717, 1.165) is 6.07 Å². The molecule has 0 amide bonds. The number of rotatable bonds is 5. The zero-order valence-electron chi connectivity index (χ0n) is 9.28. The van der Waals surface area contributed by atoms with Gasteiger partial charge >= 0.3 is 11.9 Å². The summed E-state index contributed by atoms with van der Waals surface area (Å²) in [5, 5.41) is 36.4. The Balaban J connectivity index is 2.96. The lowest BCUT2D eigenvalue weighted by Gasteiger charge is -2.18. The van der Waals surface area contributed by atoms with Gasteiger partial charge in [-0.1, -0.05) is 6.07 Å². The van der Waals surface area contributed by atoms with Gasteiger partial charge in [0, 0.05) is 11.3 Å². The molecule has 1 aromatic carbocycles. The highest BCUT2D eigenvalue weighted by molar-refractivity contribution is 5.89. The van der Waals surface area contributed by atoms with E-state index in [2.05, 4.69) is 0 Å². The van der Waals surface area contributed by atoms with E-state index in [9.17, 15) is 19.8 Å². The summed E-state index contributed by atoms with van der Waals surface area (Å²) in [6, 6.07) is 3.59. The lowest BCUT2D eigenvalue weighted by molar-refractivity contribution is -0.141. The number of aliphatic carboxylic acids is 1. The summed E-state index contributed by atoms with van der Waals surface area (Å²) in [4.78, 5) is 21.1. The third kappa shape index (κ3) is 3.19. The smallest absolute Gasteiger partial charge is 0.335 e. The van der Waals surface area contributed by atoms with E-state index in [0.29, 0.717) is 0 Å². The maximum Gasteiger partial charge on any atom is 0.335 e. The second kappa shape index (κ2) is 5.48. The fraction of sp³-hybridized carbons (Fsp3) is 0.273. The molecule has 7 heteroatoms. The molecule has 0 aliphatic rings. The molecule has 0 saturated carbocycles. The molecule has 0 aliphatic heterocycles. The number of aliphatic hydroxyl groups excluding tert-OH is 2. The monoisotopic (exact) mass is 255 g/mol. The van der Waals surface area contributed by atoms with Crippen LogP contribution in [0.3, 0.4) is 0 Å². The van der Waals surface area contributed by atoms with Gasteiger partial charge in [-0.25, -0.2) is 4.79 Å². The van der Waals surface area contributed by atoms with Crippen molar-refractivity contribution in [1.29, 1.82) is 0 Å². The molecule has 0 saturated heterocycles. The number of carboxylic acid groups (broad SMARTS) is 2. The number of carboxylic acids is 2. The van der Waals surface area contributed by atoms with Crippen LogP contribution in [-0.2, 0) is 4.79 Å². The zero-order valence-corrected chi connectivity index (χ0v) is 9.28. The molecule has 2 atom stereocenters. The predicted octanol–water partition coefficient (Wildman–Crippen LogP) is -0.164. The highest BCUT2D eigenvalue weighted by Crippen LogP contribution is 2.25. The van der Waals surface area contributed by atoms with Crippen molar-refractivity contribution in [1.82, 2.24) is 0 Å². The molecule has 18 heavy (non-hydrogen) atoms. The first-order valence-electron chi connectivity index (χ1n) is 5.03. The summed E-state index contributed by atoms with van der Waals surface area (Å²) in [6.45, 7) is 0. The van der Waals surface area contributed by atoms with Crippen LogP contribution in [0, 0.1) is 0 Å². The number of anilines is 1. The van der Waals surface area contributed by atoms with Crippen molar-refractivity contribution in [2.75, 3.05) is 5.73 Å². The number of hydrogen-bond acceptors (Lipinski definition) is 5. The molecular weight excluding hydrogens is 242 g/mol. The summed E-state index contributed by atoms with van der Waals surface area (Å²) < 4.78 is 0. The molecule has 6 N–H and O–H groups in total. The topological polar surface area (TPSA) is 141 Å². The molecule has 0 bridgehead atoms. The zero-order chi connectivity index (χ0) is 13.9. The Hall–Kier alpha value is -2.12. The van der Waals surface area contributed by atoms with Gasteiger partial charge in [0.2, 0.25) is 0 Å². The first-order valence-corrected chi connectivity index (χ1v) is 5.03. The van der Waals surface area contributed by atoms with Crippen molar-refractivity contribution in [2.24, 2.45) is 0 Å². The molecule has 1 aromatic rings. The third-order valence-electron chi connectivity index (χ3n) is 2.40. The van der Waals surface area contributed by atoms with Crippen LogP contribution in [0.25, 0.3) is 0 Å². The van der Waals surface area contributed by atoms with Gasteiger partial charge in [0.05, 0.1) is 18.1 Å². The first-order chi connectivity index (χ1) is 8.32. The SMILES string of the molecule is Nc1cc(C(=O)O)ccc1C(O)C(O)CC(=O)O. The van der Waals surface area contributed by atoms with E-state index in [1.54, 1.807) is 0 Å². The van der Waals surface area contributed by atoms with Crippen LogP contribution in [0.1, 0.15) is 28.4 Å². The molecule has 7 nitrogen and oxygen atoms in total. The van der Waals surface area contributed by atoms with Gasteiger partial charge < -0.3 is 26.2 Å². The van der Waals surface area contributed by atoms with Crippen molar-refractivity contribution in [2.45, 2.75) is 18.6 Å². The van der Waals surface area contributed by atoms with Gasteiger partial charge in [0.1, 0.15) is 6.10 Å². The Labute approximate surface area is 102 Å². The van der Waals surface area contributed by atoms with Crippen LogP contribution >= 0.6 is 0 Å². The van der Waals surface area contributed by atoms with E-state index in [1.807, 2.05) is 0 Å². The van der Waals surface area contributed by atoms with Crippen molar-refractivity contribution < 1.29 is 30.0 Å². The maximum atomic E-state index is 10.7. The normalized spacial score (nSPS) is 13.9. The fourth-order valence-corrected chi connectivity index (χ4v) is 1.47. The number of carbonyl (C=O) groups is 2. The van der Waals surface area contributed by atoms with Crippen LogP contribution < -0.4 is 5.73 Å². The number of nitrogen functional groups attached to an aromatic ring is 1. The minimum Gasteiger partial charge on any atom is -0.481 e. The van der Waals surface area contributed by atoms with Crippen LogP contribution in [0.15, 0.2) is 18.2 Å². The summed E-state index contributed by atoms with van der Waals surface area (Å²) in [6.07, 6.45) is -3.63. The molecule has 0 fully saturated rings. The van der Waals surface area contributed by atoms with Gasteiger partial charge in [-0.15, -0.1) is 0 Å². The van der Waals surface area contributed by atoms with Crippen molar-refractivity contribution in [3.63, 3.8) is 0 Å². The van der Waals surface area contributed by atoms with Crippen LogP contribution in [0.2, 0.25) is 0 Å². The minimum absolute atomic E-state index is 0.0214. The second-order valence-corrected chi connectivity index (χ2v) is 3.76. The van der Waals surface area contributed by atoms with E-state index >= 15 is 0 Å². The number of benzene rings is 1. The molecule has 0 aromatic heterocycles. The summed E-state index contributed by atoms with van der Waals surface area (Å²) in [5.74, 6) is -2.43. The molecular formula is C11H13NO6. The Morgan fingerprint density at radius 3 is 2.28 bits per heavy atom. The number of aliphatic hydroxyl groups is 2. The van der Waals surface area contributed by atoms with Crippen LogP contribution in [-0.4, -0.2) is 38.5 Å². The molecule has 0 aliphatic carbocycles. The molecule has 1 rings (SSSR count). The van der Waals surface area contributed by atoms with Gasteiger partial charge in [-0.3, -0.25) is 4.79 Å². The summed E-state index contributed by atoms with van der Waals surface area (Å²) in [7, 11) is 0. The quantitative estimate of drug-likeness (QED) is 0.460. The predicted molar refractivity (Wildman–Crippen MR) is 61.0 cm³/mol. The fourth-order valence-electron chi connectivity index (χ4n) is 1.47. The summed E-state index contributed by atoms with van der Waals surface area (Å²) in [5.41, 5.74) is 5.56.